The molecular formula is C17H20N2O7S. The van der Waals surface area contributed by atoms with Crippen molar-refractivity contribution < 1.29 is 22.4 Å². The fourth-order valence-electron chi connectivity index (χ4n) is 2.77. The summed E-state index contributed by atoms with van der Waals surface area (Å²) in [5.41, 5.74) is 0.0535. The maximum Gasteiger partial charge on any atom is 0.330 e. The molecule has 0 amide bonds. The molecule has 0 aliphatic carbocycles. The molecule has 0 spiro atoms. The van der Waals surface area contributed by atoms with Crippen LogP contribution in [0.5, 0.6) is 0 Å². The van der Waals surface area contributed by atoms with Crippen molar-refractivity contribution in [2.24, 2.45) is 0 Å². The molecule has 0 unspecified atom stereocenters. The fraction of sp³-hybridized carbons (Fsp3) is 0.412. The number of ether oxygens (including phenoxy) is 1. The van der Waals surface area contributed by atoms with Gasteiger partial charge >= 0.3 is 5.69 Å². The molecule has 0 bridgehead atoms. The van der Waals surface area contributed by atoms with Crippen LogP contribution < -0.4 is 11.2 Å². The first kappa shape index (κ1) is 19.5. The maximum absolute atomic E-state index is 12.2. The van der Waals surface area contributed by atoms with Crippen molar-refractivity contribution in [3.8, 4) is 0 Å². The second-order valence-corrected chi connectivity index (χ2v) is 8.08. The lowest BCUT2D eigenvalue weighted by molar-refractivity contribution is -0.0400. The molecule has 1 aliphatic heterocycles. The molecule has 146 valence electrons. The van der Waals surface area contributed by atoms with Gasteiger partial charge in [-0.2, -0.15) is 8.42 Å². The largest absolute Gasteiger partial charge is 0.390 e. The van der Waals surface area contributed by atoms with Gasteiger partial charge in [0.25, 0.3) is 15.7 Å². The zero-order valence-electron chi connectivity index (χ0n) is 14.8. The van der Waals surface area contributed by atoms with Crippen LogP contribution in [0.3, 0.4) is 0 Å². The molecule has 1 aromatic carbocycles. The third-order valence-electron chi connectivity index (χ3n) is 4.36. The molecular weight excluding hydrogens is 376 g/mol. The number of aliphatic hydroxyl groups excluding tert-OH is 1. The molecule has 9 nitrogen and oxygen atoms in total. The van der Waals surface area contributed by atoms with Crippen molar-refractivity contribution >= 4 is 10.1 Å². The topological polar surface area (TPSA) is 128 Å². The molecule has 1 fully saturated rings. The molecule has 0 saturated carbocycles. The summed E-state index contributed by atoms with van der Waals surface area (Å²) in [5.74, 6) is 0. The Morgan fingerprint density at radius 2 is 1.93 bits per heavy atom. The lowest BCUT2D eigenvalue weighted by atomic mass is 10.2. The Bertz CT molecular complexity index is 1040. The third kappa shape index (κ3) is 4.19. The highest BCUT2D eigenvalue weighted by Crippen LogP contribution is 2.28. The van der Waals surface area contributed by atoms with Crippen molar-refractivity contribution in [3.63, 3.8) is 0 Å². The smallest absolute Gasteiger partial charge is 0.330 e. The second kappa shape index (κ2) is 7.39. The summed E-state index contributed by atoms with van der Waals surface area (Å²) in [4.78, 5) is 25.6. The molecule has 1 aliphatic rings. The lowest BCUT2D eigenvalue weighted by Crippen LogP contribution is -2.33. The summed E-state index contributed by atoms with van der Waals surface area (Å²) in [6.07, 6.45) is -1.40. The van der Waals surface area contributed by atoms with Crippen molar-refractivity contribution in [2.45, 2.75) is 43.6 Å². The SMILES string of the molecule is Cc1ccc(S(=O)(=O)OC[C@H]2O[C@H](n3cc(C)c(=O)[nH]c3=O)C[C@@H]2O)cc1. The van der Waals surface area contributed by atoms with Gasteiger partial charge in [0.15, 0.2) is 0 Å². The normalized spacial score (nSPS) is 22.9. The van der Waals surface area contributed by atoms with E-state index < -0.39 is 46.4 Å². The van der Waals surface area contributed by atoms with Gasteiger partial charge in [0, 0.05) is 18.2 Å². The van der Waals surface area contributed by atoms with E-state index in [-0.39, 0.29) is 11.3 Å². The van der Waals surface area contributed by atoms with Gasteiger partial charge in [-0.1, -0.05) is 17.7 Å². The van der Waals surface area contributed by atoms with E-state index in [4.69, 9.17) is 8.92 Å². The molecule has 2 N–H and O–H groups in total. The Morgan fingerprint density at radius 1 is 1.26 bits per heavy atom. The van der Waals surface area contributed by atoms with Gasteiger partial charge in [0.1, 0.15) is 12.3 Å². The lowest BCUT2D eigenvalue weighted by Gasteiger charge is -2.16. The Kier molecular flexibility index (Phi) is 5.33. The quantitative estimate of drug-likeness (QED) is 0.691. The van der Waals surface area contributed by atoms with Crippen LogP contribution in [-0.2, 0) is 19.0 Å². The number of H-pyrrole nitrogens is 1. The first-order valence-corrected chi connectivity index (χ1v) is 9.70. The number of aromatic amines is 1. The predicted octanol–water partition coefficient (Wildman–Crippen LogP) is 0.207. The van der Waals surface area contributed by atoms with E-state index in [1.165, 1.54) is 25.3 Å². The highest BCUT2D eigenvalue weighted by Gasteiger charge is 2.37. The van der Waals surface area contributed by atoms with E-state index in [2.05, 4.69) is 4.98 Å². The van der Waals surface area contributed by atoms with E-state index >= 15 is 0 Å². The first-order valence-electron chi connectivity index (χ1n) is 8.29. The number of hydrogen-bond donors (Lipinski definition) is 2. The Labute approximate surface area is 155 Å². The van der Waals surface area contributed by atoms with Crippen LogP contribution in [-0.4, -0.2) is 41.9 Å². The van der Waals surface area contributed by atoms with Gasteiger partial charge in [-0.15, -0.1) is 0 Å². The molecule has 1 aromatic heterocycles. The number of rotatable bonds is 5. The van der Waals surface area contributed by atoms with Gasteiger partial charge in [0.05, 0.1) is 17.6 Å². The van der Waals surface area contributed by atoms with Gasteiger partial charge in [-0.3, -0.25) is 18.5 Å². The number of hydrogen-bond acceptors (Lipinski definition) is 7. The number of nitrogens with zero attached hydrogens (tertiary/aromatic N) is 1. The average Bonchev–Trinajstić information content (AvgIpc) is 2.97. The van der Waals surface area contributed by atoms with E-state index in [0.29, 0.717) is 5.56 Å². The summed E-state index contributed by atoms with van der Waals surface area (Å²) in [5, 5.41) is 10.2. The first-order chi connectivity index (χ1) is 12.7. The standard InChI is InChI=1S/C17H20N2O7S/c1-10-3-5-12(6-4-10)27(23,24)25-9-14-13(20)7-15(26-14)19-8-11(2)16(21)18-17(19)22/h3-6,8,13-15,20H,7,9H2,1-2H3,(H,18,21,22)/t13-,14+,15-/m0/s1. The van der Waals surface area contributed by atoms with Crippen LogP contribution in [0, 0.1) is 13.8 Å². The zero-order chi connectivity index (χ0) is 19.8. The monoisotopic (exact) mass is 396 g/mol. The van der Waals surface area contributed by atoms with Gasteiger partial charge < -0.3 is 9.84 Å². The van der Waals surface area contributed by atoms with Crippen molar-refractivity contribution in [3.05, 3.63) is 62.4 Å². The van der Waals surface area contributed by atoms with Crippen LogP contribution >= 0.6 is 0 Å². The number of aliphatic hydroxyl groups is 1. The van der Waals surface area contributed by atoms with Crippen molar-refractivity contribution in [1.82, 2.24) is 9.55 Å². The van der Waals surface area contributed by atoms with Crippen LogP contribution in [0.25, 0.3) is 0 Å². The average molecular weight is 396 g/mol. The fourth-order valence-corrected chi connectivity index (χ4v) is 3.68. The van der Waals surface area contributed by atoms with Gasteiger partial charge in [0.2, 0.25) is 0 Å². The highest BCUT2D eigenvalue weighted by atomic mass is 32.2. The summed E-state index contributed by atoms with van der Waals surface area (Å²) in [7, 11) is -4.00. The van der Waals surface area contributed by atoms with Crippen LogP contribution in [0.2, 0.25) is 0 Å². The minimum atomic E-state index is -4.00. The zero-order valence-corrected chi connectivity index (χ0v) is 15.6. The Balaban J connectivity index is 1.70. The summed E-state index contributed by atoms with van der Waals surface area (Å²) in [6, 6.07) is 6.17. The number of nitrogens with one attached hydrogen (secondary N) is 1. The van der Waals surface area contributed by atoms with Crippen LogP contribution in [0.15, 0.2) is 44.9 Å². The molecule has 27 heavy (non-hydrogen) atoms. The van der Waals surface area contributed by atoms with Crippen LogP contribution in [0.4, 0.5) is 0 Å². The third-order valence-corrected chi connectivity index (χ3v) is 5.65. The van der Waals surface area contributed by atoms with E-state index in [1.54, 1.807) is 12.1 Å². The maximum atomic E-state index is 12.2. The van der Waals surface area contributed by atoms with E-state index in [0.717, 1.165) is 10.1 Å². The number of aromatic nitrogens is 2. The number of aryl methyl sites for hydroxylation is 2. The minimum Gasteiger partial charge on any atom is -0.390 e. The molecule has 0 radical (unpaired) electrons. The van der Waals surface area contributed by atoms with E-state index in [9.17, 15) is 23.1 Å². The summed E-state index contributed by atoms with van der Waals surface area (Å²) < 4.78 is 36.2. The number of benzene rings is 1. The van der Waals surface area contributed by atoms with Crippen LogP contribution in [0.1, 0.15) is 23.8 Å². The predicted molar refractivity (Wildman–Crippen MR) is 94.9 cm³/mol. The molecule has 1 saturated heterocycles. The molecule has 3 atom stereocenters. The Hall–Kier alpha value is -2.27. The molecule has 2 aromatic rings. The molecule has 10 heteroatoms. The van der Waals surface area contributed by atoms with Gasteiger partial charge in [-0.05, 0) is 26.0 Å². The molecule has 2 heterocycles. The summed E-state index contributed by atoms with van der Waals surface area (Å²) >= 11 is 0. The second-order valence-electron chi connectivity index (χ2n) is 6.46. The highest BCUT2D eigenvalue weighted by molar-refractivity contribution is 7.86. The van der Waals surface area contributed by atoms with Crippen molar-refractivity contribution in [2.75, 3.05) is 6.61 Å². The van der Waals surface area contributed by atoms with E-state index in [1.807, 2.05) is 6.92 Å². The molecule has 3 rings (SSSR count). The minimum absolute atomic E-state index is 0.00427. The van der Waals surface area contributed by atoms with Crippen molar-refractivity contribution in [1.29, 1.82) is 0 Å². The summed E-state index contributed by atoms with van der Waals surface area (Å²) in [6.45, 7) is 2.97. The van der Waals surface area contributed by atoms with Gasteiger partial charge in [-0.25, -0.2) is 4.79 Å². The Morgan fingerprint density at radius 3 is 2.59 bits per heavy atom.